The molecule has 0 radical (unpaired) electrons. The van der Waals surface area contributed by atoms with E-state index >= 15 is 0 Å². The SMILES string of the molecule is CCOCCCn1c(C(C)Cl)nc2cc(F)c(OC)cc21. The molecule has 1 aromatic heterocycles. The molecule has 21 heavy (non-hydrogen) atoms. The first-order valence-electron chi connectivity index (χ1n) is 7.04. The number of halogens is 2. The topological polar surface area (TPSA) is 36.3 Å². The van der Waals surface area contributed by atoms with Gasteiger partial charge in [0, 0.05) is 31.9 Å². The van der Waals surface area contributed by atoms with E-state index < -0.39 is 5.82 Å². The number of ether oxygens (including phenoxy) is 2. The number of alkyl halides is 1. The van der Waals surface area contributed by atoms with Gasteiger partial charge in [-0.2, -0.15) is 0 Å². The summed E-state index contributed by atoms with van der Waals surface area (Å²) in [6.07, 6.45) is 0.843. The first-order valence-corrected chi connectivity index (χ1v) is 7.47. The average molecular weight is 315 g/mol. The van der Waals surface area contributed by atoms with E-state index in [-0.39, 0.29) is 11.1 Å². The number of imidazole rings is 1. The molecule has 0 aliphatic carbocycles. The lowest BCUT2D eigenvalue weighted by molar-refractivity contribution is 0.141. The van der Waals surface area contributed by atoms with Crippen molar-refractivity contribution in [2.24, 2.45) is 0 Å². The highest BCUT2D eigenvalue weighted by Gasteiger charge is 2.17. The molecule has 1 unspecified atom stereocenters. The summed E-state index contributed by atoms with van der Waals surface area (Å²) >= 11 is 6.19. The van der Waals surface area contributed by atoms with E-state index in [4.69, 9.17) is 21.1 Å². The van der Waals surface area contributed by atoms with Crippen LogP contribution in [-0.2, 0) is 11.3 Å². The number of nitrogens with zero attached hydrogens (tertiary/aromatic N) is 2. The minimum Gasteiger partial charge on any atom is -0.494 e. The summed E-state index contributed by atoms with van der Waals surface area (Å²) in [6, 6.07) is 3.05. The fourth-order valence-electron chi connectivity index (χ4n) is 2.31. The van der Waals surface area contributed by atoms with Crippen LogP contribution in [0.5, 0.6) is 5.75 Å². The summed E-state index contributed by atoms with van der Waals surface area (Å²) < 4.78 is 26.2. The van der Waals surface area contributed by atoms with Crippen molar-refractivity contribution in [3.8, 4) is 5.75 Å². The maximum Gasteiger partial charge on any atom is 0.167 e. The quantitative estimate of drug-likeness (QED) is 0.574. The molecule has 1 heterocycles. The maximum absolute atomic E-state index is 13.8. The van der Waals surface area contributed by atoms with Crippen molar-refractivity contribution in [2.45, 2.75) is 32.2 Å². The standard InChI is InChI=1S/C15H20ClFN2O2/c1-4-21-7-5-6-19-13-9-14(20-3)11(17)8-12(13)18-15(19)10(2)16/h8-10H,4-7H2,1-3H3. The molecule has 116 valence electrons. The summed E-state index contributed by atoms with van der Waals surface area (Å²) in [5, 5.41) is -0.251. The molecule has 2 rings (SSSR count). The number of rotatable bonds is 7. The van der Waals surface area contributed by atoms with Crippen LogP contribution in [0.15, 0.2) is 12.1 Å². The minimum atomic E-state index is -0.419. The van der Waals surface area contributed by atoms with E-state index in [0.717, 1.165) is 24.3 Å². The second-order valence-corrected chi connectivity index (χ2v) is 5.42. The van der Waals surface area contributed by atoms with Crippen LogP contribution < -0.4 is 4.74 Å². The fraction of sp³-hybridized carbons (Fsp3) is 0.533. The van der Waals surface area contributed by atoms with Crippen LogP contribution in [0.4, 0.5) is 4.39 Å². The molecular weight excluding hydrogens is 295 g/mol. The van der Waals surface area contributed by atoms with Gasteiger partial charge in [0.1, 0.15) is 5.82 Å². The summed E-state index contributed by atoms with van der Waals surface area (Å²) in [6.45, 7) is 5.91. The third-order valence-corrected chi connectivity index (χ3v) is 3.48. The second-order valence-electron chi connectivity index (χ2n) is 4.76. The molecule has 0 bridgehead atoms. The minimum absolute atomic E-state index is 0.210. The Morgan fingerprint density at radius 1 is 1.43 bits per heavy atom. The van der Waals surface area contributed by atoms with Gasteiger partial charge in [0.15, 0.2) is 11.6 Å². The summed E-state index contributed by atoms with van der Waals surface area (Å²) in [5.41, 5.74) is 1.42. The van der Waals surface area contributed by atoms with E-state index in [1.54, 1.807) is 6.07 Å². The third kappa shape index (κ3) is 3.47. The lowest BCUT2D eigenvalue weighted by atomic mass is 10.2. The van der Waals surface area contributed by atoms with E-state index in [1.165, 1.54) is 13.2 Å². The maximum atomic E-state index is 13.8. The number of aromatic nitrogens is 2. The van der Waals surface area contributed by atoms with Crippen LogP contribution in [-0.4, -0.2) is 29.9 Å². The average Bonchev–Trinajstić information content (AvgIpc) is 2.80. The van der Waals surface area contributed by atoms with Gasteiger partial charge >= 0.3 is 0 Å². The van der Waals surface area contributed by atoms with Crippen LogP contribution >= 0.6 is 11.6 Å². The van der Waals surface area contributed by atoms with Crippen LogP contribution in [0.2, 0.25) is 0 Å². The highest BCUT2D eigenvalue weighted by Crippen LogP contribution is 2.29. The largest absolute Gasteiger partial charge is 0.494 e. The molecular formula is C15H20ClFN2O2. The third-order valence-electron chi connectivity index (χ3n) is 3.28. The number of hydrogen-bond donors (Lipinski definition) is 0. The predicted molar refractivity (Wildman–Crippen MR) is 81.6 cm³/mol. The van der Waals surface area contributed by atoms with E-state index in [1.807, 2.05) is 18.4 Å². The highest BCUT2D eigenvalue weighted by atomic mass is 35.5. The highest BCUT2D eigenvalue weighted by molar-refractivity contribution is 6.20. The van der Waals surface area contributed by atoms with Crippen molar-refractivity contribution in [1.29, 1.82) is 0 Å². The van der Waals surface area contributed by atoms with Gasteiger partial charge in [-0.1, -0.05) is 0 Å². The Labute approximate surface area is 128 Å². The van der Waals surface area contributed by atoms with E-state index in [9.17, 15) is 4.39 Å². The van der Waals surface area contributed by atoms with Gasteiger partial charge in [0.2, 0.25) is 0 Å². The Hall–Kier alpha value is -1.33. The normalized spacial score (nSPS) is 12.8. The lowest BCUT2D eigenvalue weighted by Crippen LogP contribution is -2.07. The van der Waals surface area contributed by atoms with Gasteiger partial charge in [-0.05, 0) is 20.3 Å². The zero-order valence-electron chi connectivity index (χ0n) is 12.5. The number of fused-ring (bicyclic) bond motifs is 1. The van der Waals surface area contributed by atoms with Crippen LogP contribution in [0, 0.1) is 5.82 Å². The molecule has 0 saturated carbocycles. The molecule has 0 aliphatic heterocycles. The van der Waals surface area contributed by atoms with Crippen molar-refractivity contribution in [2.75, 3.05) is 20.3 Å². The number of hydrogen-bond acceptors (Lipinski definition) is 3. The van der Waals surface area contributed by atoms with Crippen molar-refractivity contribution in [1.82, 2.24) is 9.55 Å². The lowest BCUT2D eigenvalue weighted by Gasteiger charge is -2.11. The number of benzene rings is 1. The molecule has 6 heteroatoms. The van der Waals surface area contributed by atoms with Gasteiger partial charge in [0.05, 0.1) is 23.5 Å². The summed E-state index contributed by atoms with van der Waals surface area (Å²) in [4.78, 5) is 4.44. The van der Waals surface area contributed by atoms with Gasteiger partial charge in [-0.15, -0.1) is 11.6 Å². The molecule has 0 N–H and O–H groups in total. The molecule has 0 fully saturated rings. The molecule has 0 saturated heterocycles. The van der Waals surface area contributed by atoms with Crippen molar-refractivity contribution < 1.29 is 13.9 Å². The van der Waals surface area contributed by atoms with E-state index in [2.05, 4.69) is 4.98 Å². The number of methoxy groups -OCH3 is 1. The molecule has 0 spiro atoms. The second kappa shape index (κ2) is 7.09. The monoisotopic (exact) mass is 314 g/mol. The van der Waals surface area contributed by atoms with Gasteiger partial charge in [0.25, 0.3) is 0 Å². The molecule has 4 nitrogen and oxygen atoms in total. The van der Waals surface area contributed by atoms with Crippen molar-refractivity contribution in [3.05, 3.63) is 23.8 Å². The Kier molecular flexibility index (Phi) is 5.42. The summed E-state index contributed by atoms with van der Waals surface area (Å²) in [5.74, 6) is 0.524. The fourth-order valence-corrected chi connectivity index (χ4v) is 2.48. The predicted octanol–water partition coefficient (Wildman–Crippen LogP) is 3.91. The Balaban J connectivity index is 2.40. The Morgan fingerprint density at radius 3 is 2.81 bits per heavy atom. The van der Waals surface area contributed by atoms with E-state index in [0.29, 0.717) is 18.7 Å². The molecule has 0 aliphatic rings. The van der Waals surface area contributed by atoms with Crippen molar-refractivity contribution >= 4 is 22.6 Å². The van der Waals surface area contributed by atoms with Gasteiger partial charge in [-0.25, -0.2) is 9.37 Å². The molecule has 1 atom stereocenters. The number of aryl methyl sites for hydroxylation is 1. The van der Waals surface area contributed by atoms with Crippen LogP contribution in [0.25, 0.3) is 11.0 Å². The molecule has 1 aromatic carbocycles. The van der Waals surface area contributed by atoms with Crippen LogP contribution in [0.3, 0.4) is 0 Å². The van der Waals surface area contributed by atoms with Gasteiger partial charge < -0.3 is 14.0 Å². The van der Waals surface area contributed by atoms with Gasteiger partial charge in [-0.3, -0.25) is 0 Å². The zero-order chi connectivity index (χ0) is 15.4. The smallest absolute Gasteiger partial charge is 0.167 e. The molecule has 0 amide bonds. The Morgan fingerprint density at radius 2 is 2.19 bits per heavy atom. The Bertz CT molecular complexity index is 613. The zero-order valence-corrected chi connectivity index (χ0v) is 13.3. The van der Waals surface area contributed by atoms with Crippen molar-refractivity contribution in [3.63, 3.8) is 0 Å². The summed E-state index contributed by atoms with van der Waals surface area (Å²) in [7, 11) is 1.45. The molecule has 2 aromatic rings. The first kappa shape index (κ1) is 16.0. The first-order chi connectivity index (χ1) is 10.1. The van der Waals surface area contributed by atoms with Crippen LogP contribution in [0.1, 0.15) is 31.5 Å².